The van der Waals surface area contributed by atoms with Gasteiger partial charge in [-0.05, 0) is 48.7 Å². The maximum absolute atomic E-state index is 12.0. The second-order valence-corrected chi connectivity index (χ2v) is 4.98. The minimum absolute atomic E-state index is 0.280. The van der Waals surface area contributed by atoms with E-state index in [9.17, 15) is 4.79 Å². The smallest absolute Gasteiger partial charge is 0.311 e. The Morgan fingerprint density at radius 1 is 0.955 bits per heavy atom. The molecule has 0 unspecified atom stereocenters. The van der Waals surface area contributed by atoms with E-state index in [-0.39, 0.29) is 5.97 Å². The molecular formula is C18H20O4. The number of carbonyl (C=O) groups excluding carboxylic acids is 1. The third-order valence-corrected chi connectivity index (χ3v) is 3.32. The average molecular weight is 300 g/mol. The lowest BCUT2D eigenvalue weighted by molar-refractivity contribution is -0.134. The first-order valence-electron chi connectivity index (χ1n) is 7.10. The summed E-state index contributed by atoms with van der Waals surface area (Å²) in [4.78, 5) is 12.0. The van der Waals surface area contributed by atoms with Crippen molar-refractivity contribution >= 4 is 5.97 Å². The van der Waals surface area contributed by atoms with Gasteiger partial charge in [0.25, 0.3) is 0 Å². The Balaban J connectivity index is 1.92. The highest BCUT2D eigenvalue weighted by Crippen LogP contribution is 2.28. The van der Waals surface area contributed by atoms with E-state index < -0.39 is 0 Å². The molecule has 0 saturated heterocycles. The Labute approximate surface area is 130 Å². The number of hydrogen-bond acceptors (Lipinski definition) is 4. The summed E-state index contributed by atoms with van der Waals surface area (Å²) in [5.41, 5.74) is 2.11. The Morgan fingerprint density at radius 3 is 2.32 bits per heavy atom. The summed E-state index contributed by atoms with van der Waals surface area (Å²) >= 11 is 0. The van der Waals surface area contributed by atoms with Gasteiger partial charge in [0.05, 0.1) is 14.2 Å². The van der Waals surface area contributed by atoms with E-state index in [0.717, 1.165) is 16.9 Å². The van der Waals surface area contributed by atoms with Crippen LogP contribution in [0.2, 0.25) is 0 Å². The topological polar surface area (TPSA) is 44.8 Å². The van der Waals surface area contributed by atoms with Gasteiger partial charge < -0.3 is 14.2 Å². The van der Waals surface area contributed by atoms with Crippen molar-refractivity contribution in [3.8, 4) is 17.2 Å². The lowest BCUT2D eigenvalue weighted by atomic mass is 10.1. The van der Waals surface area contributed by atoms with Crippen molar-refractivity contribution in [1.82, 2.24) is 0 Å². The average Bonchev–Trinajstić information content (AvgIpc) is 2.55. The summed E-state index contributed by atoms with van der Waals surface area (Å²) in [6, 6.07) is 13.1. The number of methoxy groups -OCH3 is 2. The number of benzene rings is 2. The van der Waals surface area contributed by atoms with Gasteiger partial charge in [0.2, 0.25) is 0 Å². The van der Waals surface area contributed by atoms with Crippen molar-refractivity contribution in [2.24, 2.45) is 0 Å². The molecule has 0 radical (unpaired) electrons. The first-order chi connectivity index (χ1) is 10.6. The molecule has 2 aromatic carbocycles. The van der Waals surface area contributed by atoms with Crippen LogP contribution in [0.1, 0.15) is 17.5 Å². The van der Waals surface area contributed by atoms with Crippen LogP contribution in [0.5, 0.6) is 17.2 Å². The van der Waals surface area contributed by atoms with Gasteiger partial charge in [-0.15, -0.1) is 0 Å². The van der Waals surface area contributed by atoms with Gasteiger partial charge in [-0.25, -0.2) is 0 Å². The molecule has 0 N–H and O–H groups in total. The van der Waals surface area contributed by atoms with Crippen LogP contribution in [0.4, 0.5) is 0 Å². The van der Waals surface area contributed by atoms with E-state index in [0.29, 0.717) is 24.3 Å². The largest absolute Gasteiger partial charge is 0.497 e. The number of carbonyl (C=O) groups is 1. The summed E-state index contributed by atoms with van der Waals surface area (Å²) < 4.78 is 15.7. The van der Waals surface area contributed by atoms with Gasteiger partial charge in [0, 0.05) is 6.42 Å². The van der Waals surface area contributed by atoms with Gasteiger partial charge in [-0.3, -0.25) is 4.79 Å². The second-order valence-electron chi connectivity index (χ2n) is 4.98. The van der Waals surface area contributed by atoms with Crippen molar-refractivity contribution in [2.75, 3.05) is 14.2 Å². The SMILES string of the molecule is COc1ccc(CCC(=O)Oc2ccc(C)cc2OC)cc1. The lowest BCUT2D eigenvalue weighted by Crippen LogP contribution is -2.09. The Morgan fingerprint density at radius 2 is 1.68 bits per heavy atom. The third-order valence-electron chi connectivity index (χ3n) is 3.32. The highest BCUT2D eigenvalue weighted by molar-refractivity contribution is 5.73. The molecule has 2 aromatic rings. The van der Waals surface area contributed by atoms with E-state index >= 15 is 0 Å². The van der Waals surface area contributed by atoms with Crippen LogP contribution in [-0.2, 0) is 11.2 Å². The number of rotatable bonds is 6. The van der Waals surface area contributed by atoms with Crippen molar-refractivity contribution < 1.29 is 19.0 Å². The fourth-order valence-corrected chi connectivity index (χ4v) is 2.07. The van der Waals surface area contributed by atoms with Crippen LogP contribution in [0.3, 0.4) is 0 Å². The number of esters is 1. The molecule has 4 nitrogen and oxygen atoms in total. The van der Waals surface area contributed by atoms with E-state index in [1.807, 2.05) is 43.3 Å². The lowest BCUT2D eigenvalue weighted by Gasteiger charge is -2.10. The van der Waals surface area contributed by atoms with E-state index in [1.165, 1.54) is 0 Å². The molecule has 2 rings (SSSR count). The summed E-state index contributed by atoms with van der Waals surface area (Å²) in [5, 5.41) is 0. The highest BCUT2D eigenvalue weighted by Gasteiger charge is 2.10. The zero-order valence-electron chi connectivity index (χ0n) is 13.1. The molecule has 0 heterocycles. The molecule has 0 saturated carbocycles. The molecule has 116 valence electrons. The van der Waals surface area contributed by atoms with Crippen molar-refractivity contribution in [1.29, 1.82) is 0 Å². The van der Waals surface area contributed by atoms with Crippen LogP contribution in [0, 0.1) is 6.92 Å². The third kappa shape index (κ3) is 4.25. The fourth-order valence-electron chi connectivity index (χ4n) is 2.07. The van der Waals surface area contributed by atoms with Gasteiger partial charge in [0.1, 0.15) is 5.75 Å². The van der Waals surface area contributed by atoms with Crippen LogP contribution < -0.4 is 14.2 Å². The van der Waals surface area contributed by atoms with Crippen molar-refractivity contribution in [3.05, 3.63) is 53.6 Å². The Hall–Kier alpha value is -2.49. The molecule has 0 spiro atoms. The zero-order chi connectivity index (χ0) is 15.9. The highest BCUT2D eigenvalue weighted by atomic mass is 16.6. The number of aryl methyl sites for hydroxylation is 2. The molecule has 0 fully saturated rings. The molecule has 0 aliphatic rings. The maximum atomic E-state index is 12.0. The first-order valence-corrected chi connectivity index (χ1v) is 7.10. The minimum Gasteiger partial charge on any atom is -0.497 e. The Kier molecular flexibility index (Phi) is 5.42. The molecule has 0 atom stereocenters. The molecule has 0 aliphatic heterocycles. The molecule has 22 heavy (non-hydrogen) atoms. The minimum atomic E-state index is -0.280. The predicted octanol–water partition coefficient (Wildman–Crippen LogP) is 3.55. The summed E-state index contributed by atoms with van der Waals surface area (Å²) in [5.74, 6) is 1.54. The van der Waals surface area contributed by atoms with Crippen molar-refractivity contribution in [3.63, 3.8) is 0 Å². The van der Waals surface area contributed by atoms with Crippen LogP contribution in [0.15, 0.2) is 42.5 Å². The predicted molar refractivity (Wildman–Crippen MR) is 84.7 cm³/mol. The normalized spacial score (nSPS) is 10.1. The summed E-state index contributed by atoms with van der Waals surface area (Å²) in [7, 11) is 3.19. The molecule has 0 aromatic heterocycles. The van der Waals surface area contributed by atoms with Crippen molar-refractivity contribution in [2.45, 2.75) is 19.8 Å². The van der Waals surface area contributed by atoms with Crippen LogP contribution >= 0.6 is 0 Å². The van der Waals surface area contributed by atoms with Gasteiger partial charge in [-0.2, -0.15) is 0 Å². The van der Waals surface area contributed by atoms with Gasteiger partial charge >= 0.3 is 5.97 Å². The number of hydrogen-bond donors (Lipinski definition) is 0. The van der Waals surface area contributed by atoms with E-state index in [1.54, 1.807) is 20.3 Å². The maximum Gasteiger partial charge on any atom is 0.311 e. The first kappa shape index (κ1) is 15.9. The monoisotopic (exact) mass is 300 g/mol. The van der Waals surface area contributed by atoms with Crippen LogP contribution in [0.25, 0.3) is 0 Å². The standard InChI is InChI=1S/C18H20O4/c1-13-4-10-16(17(12-13)21-3)22-18(19)11-7-14-5-8-15(20-2)9-6-14/h4-6,8-10,12H,7,11H2,1-3H3. The Bertz CT molecular complexity index is 632. The molecule has 0 bridgehead atoms. The molecule has 0 aliphatic carbocycles. The summed E-state index contributed by atoms with van der Waals surface area (Å²) in [6.45, 7) is 1.96. The van der Waals surface area contributed by atoms with Crippen LogP contribution in [-0.4, -0.2) is 20.2 Å². The number of ether oxygens (including phenoxy) is 3. The molecular weight excluding hydrogens is 280 g/mol. The quantitative estimate of drug-likeness (QED) is 0.604. The zero-order valence-corrected chi connectivity index (χ0v) is 13.1. The van der Waals surface area contributed by atoms with Gasteiger partial charge in [0.15, 0.2) is 11.5 Å². The van der Waals surface area contributed by atoms with E-state index in [2.05, 4.69) is 0 Å². The fraction of sp³-hybridized carbons (Fsp3) is 0.278. The van der Waals surface area contributed by atoms with Gasteiger partial charge in [-0.1, -0.05) is 18.2 Å². The van der Waals surface area contributed by atoms with E-state index in [4.69, 9.17) is 14.2 Å². The second kappa shape index (κ2) is 7.50. The summed E-state index contributed by atoms with van der Waals surface area (Å²) in [6.07, 6.45) is 0.931. The molecule has 4 heteroatoms. The molecule has 0 amide bonds.